The number of phenols is 1. The van der Waals surface area contributed by atoms with Gasteiger partial charge in [-0.05, 0) is 68.9 Å². The Morgan fingerprint density at radius 1 is 1.14 bits per heavy atom. The molecule has 9 nitrogen and oxygen atoms in total. The molecule has 0 aromatic heterocycles. The van der Waals surface area contributed by atoms with Crippen LogP contribution in [0.4, 0.5) is 4.79 Å². The Morgan fingerprint density at radius 3 is 2.32 bits per heavy atom. The summed E-state index contributed by atoms with van der Waals surface area (Å²) in [6.07, 6.45) is -0.162. The van der Waals surface area contributed by atoms with E-state index in [1.54, 1.807) is 39.8 Å². The first-order valence-corrected chi connectivity index (χ1v) is 12.4. The molecule has 4 unspecified atom stereocenters. The van der Waals surface area contributed by atoms with E-state index in [2.05, 4.69) is 10.6 Å². The van der Waals surface area contributed by atoms with Crippen LogP contribution in [0.3, 0.4) is 0 Å². The second-order valence-corrected chi connectivity index (χ2v) is 10.6. The number of carbonyl (C=O) groups excluding carboxylic acids is 3. The maximum absolute atomic E-state index is 13.8. The van der Waals surface area contributed by atoms with Gasteiger partial charge >= 0.3 is 6.09 Å². The van der Waals surface area contributed by atoms with Gasteiger partial charge in [-0.15, -0.1) is 0 Å². The standard InChI is InChI=1S/C28H37N3O6/c1-17-14-22(17)31(26(35)21(16-32)30-27(36)37-28(3,4)5)24(20-11-12-23(33)18(2)13-20)25(34)29-15-19-9-7-6-8-10-19/h6-13,17,21-22,24,32-33H,14-16H2,1-5H3,(H,29,34)(H,30,36). The zero-order chi connectivity index (χ0) is 27.3. The molecule has 200 valence electrons. The van der Waals surface area contributed by atoms with Crippen molar-refractivity contribution in [3.63, 3.8) is 0 Å². The van der Waals surface area contributed by atoms with Crippen molar-refractivity contribution in [1.82, 2.24) is 15.5 Å². The summed E-state index contributed by atoms with van der Waals surface area (Å²) in [5.41, 5.74) is 1.18. The first-order valence-electron chi connectivity index (χ1n) is 12.4. The number of alkyl carbamates (subject to hydrolysis) is 1. The fourth-order valence-corrected chi connectivity index (χ4v) is 4.16. The summed E-state index contributed by atoms with van der Waals surface area (Å²) in [5.74, 6) is -0.791. The first kappa shape index (κ1) is 28.0. The van der Waals surface area contributed by atoms with Crippen LogP contribution >= 0.6 is 0 Å². The summed E-state index contributed by atoms with van der Waals surface area (Å²) >= 11 is 0. The topological polar surface area (TPSA) is 128 Å². The molecule has 1 saturated carbocycles. The zero-order valence-corrected chi connectivity index (χ0v) is 22.0. The van der Waals surface area contributed by atoms with Crippen molar-refractivity contribution in [2.45, 2.75) is 71.3 Å². The number of benzene rings is 2. The Balaban J connectivity index is 1.95. The van der Waals surface area contributed by atoms with E-state index in [-0.39, 0.29) is 24.3 Å². The molecule has 37 heavy (non-hydrogen) atoms. The monoisotopic (exact) mass is 511 g/mol. The molecule has 0 bridgehead atoms. The highest BCUT2D eigenvalue weighted by Crippen LogP contribution is 2.41. The Morgan fingerprint density at radius 2 is 1.78 bits per heavy atom. The van der Waals surface area contributed by atoms with Crippen molar-refractivity contribution in [3.05, 3.63) is 65.2 Å². The molecule has 2 aromatic carbocycles. The number of amides is 3. The van der Waals surface area contributed by atoms with Crippen LogP contribution < -0.4 is 10.6 Å². The minimum atomic E-state index is -1.30. The molecule has 0 saturated heterocycles. The Hall–Kier alpha value is -3.59. The molecule has 3 rings (SSSR count). The van der Waals surface area contributed by atoms with Gasteiger partial charge in [0.15, 0.2) is 0 Å². The maximum atomic E-state index is 13.8. The number of aliphatic hydroxyl groups excluding tert-OH is 1. The van der Waals surface area contributed by atoms with Gasteiger partial charge in [-0.25, -0.2) is 4.79 Å². The zero-order valence-electron chi connectivity index (χ0n) is 22.0. The second kappa shape index (κ2) is 11.6. The van der Waals surface area contributed by atoms with Crippen molar-refractivity contribution in [2.75, 3.05) is 6.61 Å². The lowest BCUT2D eigenvalue weighted by molar-refractivity contribution is -0.144. The summed E-state index contributed by atoms with van der Waals surface area (Å²) in [7, 11) is 0. The number of ether oxygens (including phenoxy) is 1. The highest BCUT2D eigenvalue weighted by molar-refractivity contribution is 5.92. The Labute approximate surface area is 217 Å². The number of nitrogens with one attached hydrogen (secondary N) is 2. The van der Waals surface area contributed by atoms with Crippen LogP contribution in [-0.4, -0.2) is 57.3 Å². The molecule has 2 aromatic rings. The molecule has 1 aliphatic carbocycles. The number of hydrogen-bond donors (Lipinski definition) is 4. The largest absolute Gasteiger partial charge is 0.508 e. The average molecular weight is 512 g/mol. The van der Waals surface area contributed by atoms with E-state index >= 15 is 0 Å². The first-order chi connectivity index (χ1) is 17.4. The number of hydrogen-bond acceptors (Lipinski definition) is 6. The van der Waals surface area contributed by atoms with Crippen LogP contribution in [0.5, 0.6) is 5.75 Å². The minimum absolute atomic E-state index is 0.0738. The van der Waals surface area contributed by atoms with Gasteiger partial charge in [0.1, 0.15) is 23.4 Å². The number of aryl methyl sites for hydroxylation is 1. The second-order valence-electron chi connectivity index (χ2n) is 10.6. The quantitative estimate of drug-likeness (QED) is 0.409. The molecule has 0 aliphatic heterocycles. The predicted octanol–water partition coefficient (Wildman–Crippen LogP) is 3.18. The van der Waals surface area contributed by atoms with Gasteiger partial charge in [0.2, 0.25) is 11.8 Å². The molecular weight excluding hydrogens is 474 g/mol. The SMILES string of the molecule is Cc1cc(C(C(=O)NCc2ccccc2)N(C(=O)C(CO)NC(=O)OC(C)(C)C)C2CC2C)ccc1O. The van der Waals surface area contributed by atoms with Crippen LogP contribution in [0, 0.1) is 12.8 Å². The van der Waals surface area contributed by atoms with Crippen molar-refractivity contribution >= 4 is 17.9 Å². The van der Waals surface area contributed by atoms with Crippen LogP contribution in [-0.2, 0) is 20.9 Å². The van der Waals surface area contributed by atoms with Crippen LogP contribution in [0.1, 0.15) is 56.8 Å². The third-order valence-corrected chi connectivity index (χ3v) is 6.22. The molecule has 1 aliphatic rings. The van der Waals surface area contributed by atoms with Crippen molar-refractivity contribution < 1.29 is 29.3 Å². The lowest BCUT2D eigenvalue weighted by atomic mass is 9.99. The molecule has 4 atom stereocenters. The fourth-order valence-electron chi connectivity index (χ4n) is 4.16. The van der Waals surface area contributed by atoms with E-state index in [1.165, 1.54) is 11.0 Å². The van der Waals surface area contributed by atoms with Crippen LogP contribution in [0.15, 0.2) is 48.5 Å². The highest BCUT2D eigenvalue weighted by Gasteiger charge is 2.48. The number of nitrogens with zero attached hydrogens (tertiary/aromatic N) is 1. The van der Waals surface area contributed by atoms with E-state index in [1.807, 2.05) is 37.3 Å². The molecule has 0 radical (unpaired) electrons. The van der Waals surface area contributed by atoms with Crippen LogP contribution in [0.2, 0.25) is 0 Å². The van der Waals surface area contributed by atoms with Gasteiger partial charge < -0.3 is 30.5 Å². The third kappa shape index (κ3) is 7.45. The summed E-state index contributed by atoms with van der Waals surface area (Å²) < 4.78 is 5.27. The fraction of sp³-hybridized carbons (Fsp3) is 0.464. The summed E-state index contributed by atoms with van der Waals surface area (Å²) in [6.45, 7) is 8.37. The van der Waals surface area contributed by atoms with Gasteiger partial charge in [-0.1, -0.05) is 43.3 Å². The number of rotatable bonds is 9. The van der Waals surface area contributed by atoms with Gasteiger partial charge in [-0.2, -0.15) is 0 Å². The lowest BCUT2D eigenvalue weighted by Gasteiger charge is -2.34. The molecule has 0 heterocycles. The average Bonchev–Trinajstić information content (AvgIpc) is 3.56. The molecular formula is C28H37N3O6. The summed E-state index contributed by atoms with van der Waals surface area (Å²) in [6, 6.07) is 11.6. The smallest absolute Gasteiger partial charge is 0.408 e. The molecule has 3 amide bonds. The maximum Gasteiger partial charge on any atom is 0.408 e. The van der Waals surface area contributed by atoms with Gasteiger partial charge in [0.25, 0.3) is 0 Å². The van der Waals surface area contributed by atoms with Gasteiger partial charge in [-0.3, -0.25) is 9.59 Å². The Kier molecular flexibility index (Phi) is 8.81. The van der Waals surface area contributed by atoms with E-state index < -0.39 is 42.2 Å². The van der Waals surface area contributed by atoms with Crippen LogP contribution in [0.25, 0.3) is 0 Å². The van der Waals surface area contributed by atoms with E-state index in [0.717, 1.165) is 5.56 Å². The van der Waals surface area contributed by atoms with Gasteiger partial charge in [0, 0.05) is 12.6 Å². The number of aliphatic hydroxyl groups is 1. The summed E-state index contributed by atoms with van der Waals surface area (Å²) in [4.78, 5) is 41.3. The van der Waals surface area contributed by atoms with Crippen molar-refractivity contribution in [1.29, 1.82) is 0 Å². The van der Waals surface area contributed by atoms with E-state index in [0.29, 0.717) is 17.5 Å². The number of aromatic hydroxyl groups is 1. The normalized spacial score (nSPS) is 18.3. The molecule has 1 fully saturated rings. The van der Waals surface area contributed by atoms with Crippen molar-refractivity contribution in [2.24, 2.45) is 5.92 Å². The third-order valence-electron chi connectivity index (χ3n) is 6.22. The number of carbonyl (C=O) groups is 3. The molecule has 9 heteroatoms. The molecule has 0 spiro atoms. The highest BCUT2D eigenvalue weighted by atomic mass is 16.6. The van der Waals surface area contributed by atoms with Crippen molar-refractivity contribution in [3.8, 4) is 5.75 Å². The number of phenolic OH excluding ortho intramolecular Hbond substituents is 1. The van der Waals surface area contributed by atoms with Gasteiger partial charge in [0.05, 0.1) is 6.61 Å². The minimum Gasteiger partial charge on any atom is -0.508 e. The van der Waals surface area contributed by atoms with E-state index in [4.69, 9.17) is 4.74 Å². The molecule has 4 N–H and O–H groups in total. The lowest BCUT2D eigenvalue weighted by Crippen LogP contribution is -2.55. The Bertz CT molecular complexity index is 1110. The summed E-state index contributed by atoms with van der Waals surface area (Å²) in [5, 5.41) is 25.5. The predicted molar refractivity (Wildman–Crippen MR) is 139 cm³/mol. The van der Waals surface area contributed by atoms with E-state index in [9.17, 15) is 24.6 Å².